The van der Waals surface area contributed by atoms with Gasteiger partial charge in [0.05, 0.1) is 6.61 Å². The van der Waals surface area contributed by atoms with Gasteiger partial charge in [-0.1, -0.05) is 69.4 Å². The Kier molecular flexibility index (Phi) is 11.0. The van der Waals surface area contributed by atoms with E-state index in [0.717, 1.165) is 32.1 Å². The Bertz CT molecular complexity index is 682. The number of carbonyl (C=O) groups excluding carboxylic acids is 2. The van der Waals surface area contributed by atoms with Gasteiger partial charge in [-0.2, -0.15) is 0 Å². The highest BCUT2D eigenvalue weighted by Gasteiger charge is 2.48. The van der Waals surface area contributed by atoms with Crippen LogP contribution in [0.25, 0.3) is 0 Å². The highest BCUT2D eigenvalue weighted by molar-refractivity contribution is 5.89. The molecule has 160 valence electrons. The van der Waals surface area contributed by atoms with Crippen LogP contribution < -0.4 is 0 Å². The van der Waals surface area contributed by atoms with E-state index in [9.17, 15) is 14.7 Å². The molecule has 1 aromatic carbocycles. The van der Waals surface area contributed by atoms with Crippen LogP contribution in [0.3, 0.4) is 0 Å². The Morgan fingerprint density at radius 3 is 2.28 bits per heavy atom. The van der Waals surface area contributed by atoms with Crippen LogP contribution in [0.1, 0.15) is 58.4 Å². The molecular formula is C23H32O6. The molecule has 0 radical (unpaired) electrons. The molecule has 1 aliphatic carbocycles. The quantitative estimate of drug-likeness (QED) is 0.441. The van der Waals surface area contributed by atoms with Crippen molar-refractivity contribution in [3.63, 3.8) is 0 Å². The van der Waals surface area contributed by atoms with Crippen molar-refractivity contribution in [1.82, 2.24) is 0 Å². The molecule has 0 bridgehead atoms. The number of esters is 1. The predicted octanol–water partition coefficient (Wildman–Crippen LogP) is 3.79. The maximum atomic E-state index is 12.6. The van der Waals surface area contributed by atoms with Crippen molar-refractivity contribution in [2.45, 2.75) is 58.5 Å². The minimum Gasteiger partial charge on any atom is -0.434 e. The number of carbonyl (C=O) groups is 2. The molecule has 2 rings (SSSR count). The Labute approximate surface area is 173 Å². The third kappa shape index (κ3) is 7.88. The molecule has 6 nitrogen and oxygen atoms in total. The number of hydrogen-bond acceptors (Lipinski definition) is 6. The van der Waals surface area contributed by atoms with Gasteiger partial charge in [0.25, 0.3) is 0 Å². The summed E-state index contributed by atoms with van der Waals surface area (Å²) < 4.78 is 9.72. The highest BCUT2D eigenvalue weighted by Crippen LogP contribution is 2.40. The van der Waals surface area contributed by atoms with Crippen molar-refractivity contribution in [2.75, 3.05) is 13.2 Å². The molecule has 0 aliphatic heterocycles. The molecule has 1 saturated carbocycles. The van der Waals surface area contributed by atoms with E-state index < -0.39 is 17.7 Å². The third-order valence-corrected chi connectivity index (χ3v) is 4.69. The zero-order valence-electron chi connectivity index (χ0n) is 17.5. The smallest absolute Gasteiger partial charge is 0.434 e. The molecule has 6 heteroatoms. The molecule has 2 N–H and O–H groups in total. The van der Waals surface area contributed by atoms with Crippen LogP contribution in [0.5, 0.6) is 0 Å². The topological polar surface area (TPSA) is 93.1 Å². The summed E-state index contributed by atoms with van der Waals surface area (Å²) in [5.41, 5.74) is -1.36. The molecule has 1 fully saturated rings. The average Bonchev–Trinajstić information content (AvgIpc) is 2.74. The molecule has 0 unspecified atom stereocenters. The van der Waals surface area contributed by atoms with Gasteiger partial charge < -0.3 is 19.7 Å². The first kappa shape index (κ1) is 24.7. The lowest BCUT2D eigenvalue weighted by Gasteiger charge is -2.36. The maximum absolute atomic E-state index is 12.6. The van der Waals surface area contributed by atoms with Gasteiger partial charge in [-0.15, -0.1) is 5.92 Å². The van der Waals surface area contributed by atoms with Crippen molar-refractivity contribution in [3.8, 4) is 11.8 Å². The second-order valence-corrected chi connectivity index (χ2v) is 7.40. The maximum Gasteiger partial charge on any atom is 0.516 e. The third-order valence-electron chi connectivity index (χ3n) is 4.69. The highest BCUT2D eigenvalue weighted by atomic mass is 16.7. The van der Waals surface area contributed by atoms with Crippen LogP contribution in [0.4, 0.5) is 4.79 Å². The fourth-order valence-electron chi connectivity index (χ4n) is 3.23. The molecule has 1 aromatic rings. The summed E-state index contributed by atoms with van der Waals surface area (Å²) in [6, 6.07) is 8.71. The molecule has 0 spiro atoms. The summed E-state index contributed by atoms with van der Waals surface area (Å²) >= 11 is 0. The average molecular weight is 405 g/mol. The fraction of sp³-hybridized carbons (Fsp3) is 0.565. The van der Waals surface area contributed by atoms with Crippen molar-refractivity contribution in [3.05, 3.63) is 35.9 Å². The van der Waals surface area contributed by atoms with Crippen LogP contribution in [-0.2, 0) is 19.9 Å². The summed E-state index contributed by atoms with van der Waals surface area (Å²) in [6.07, 6.45) is 3.38. The van der Waals surface area contributed by atoms with E-state index in [1.807, 2.05) is 19.9 Å². The van der Waals surface area contributed by atoms with E-state index in [-0.39, 0.29) is 25.0 Å². The Balaban J connectivity index is 0.000000749. The fourth-order valence-corrected chi connectivity index (χ4v) is 3.23. The Hall–Kier alpha value is -2.36. The monoisotopic (exact) mass is 404 g/mol. The first-order valence-corrected chi connectivity index (χ1v) is 10.0. The lowest BCUT2D eigenvalue weighted by Crippen LogP contribution is -2.46. The summed E-state index contributed by atoms with van der Waals surface area (Å²) in [5, 5.41) is 19.1. The molecule has 1 atom stereocenters. The molecular weight excluding hydrogens is 372 g/mol. The second-order valence-electron chi connectivity index (χ2n) is 7.40. The molecule has 1 aliphatic rings. The zero-order valence-corrected chi connectivity index (χ0v) is 17.5. The normalized spacial score (nSPS) is 15.8. The predicted molar refractivity (Wildman–Crippen MR) is 110 cm³/mol. The van der Waals surface area contributed by atoms with Crippen LogP contribution >= 0.6 is 0 Å². The van der Waals surface area contributed by atoms with E-state index in [1.165, 1.54) is 0 Å². The SMILES string of the molecule is CC#CCO.CC(C)COC(=O)OC(=O)[C@@](O)(c1ccccc1)C1CCCCC1. The van der Waals surface area contributed by atoms with Gasteiger partial charge in [-0.05, 0) is 31.2 Å². The van der Waals surface area contributed by atoms with Crippen molar-refractivity contribution < 1.29 is 29.3 Å². The van der Waals surface area contributed by atoms with E-state index in [4.69, 9.17) is 14.6 Å². The largest absolute Gasteiger partial charge is 0.516 e. The van der Waals surface area contributed by atoms with Gasteiger partial charge in [0, 0.05) is 5.92 Å². The van der Waals surface area contributed by atoms with E-state index >= 15 is 0 Å². The molecule has 29 heavy (non-hydrogen) atoms. The van der Waals surface area contributed by atoms with Crippen LogP contribution in [0, 0.1) is 23.7 Å². The second kappa shape index (κ2) is 13.0. The number of hydrogen-bond donors (Lipinski definition) is 2. The van der Waals surface area contributed by atoms with Gasteiger partial charge in [-0.3, -0.25) is 0 Å². The Morgan fingerprint density at radius 1 is 1.17 bits per heavy atom. The summed E-state index contributed by atoms with van der Waals surface area (Å²) in [7, 11) is 0. The first-order valence-electron chi connectivity index (χ1n) is 10.0. The van der Waals surface area contributed by atoms with E-state index in [1.54, 1.807) is 31.2 Å². The van der Waals surface area contributed by atoms with Crippen LogP contribution in [0.15, 0.2) is 30.3 Å². The lowest BCUT2D eigenvalue weighted by molar-refractivity contribution is -0.171. The van der Waals surface area contributed by atoms with Gasteiger partial charge in [0.15, 0.2) is 5.60 Å². The van der Waals surface area contributed by atoms with Crippen LogP contribution in [0.2, 0.25) is 0 Å². The van der Waals surface area contributed by atoms with E-state index in [2.05, 4.69) is 11.8 Å². The van der Waals surface area contributed by atoms with Crippen molar-refractivity contribution in [2.24, 2.45) is 11.8 Å². The summed E-state index contributed by atoms with van der Waals surface area (Å²) in [5.74, 6) is 3.86. The van der Waals surface area contributed by atoms with Gasteiger partial charge in [0.1, 0.15) is 6.61 Å². The molecule has 0 heterocycles. The molecule has 0 amide bonds. The standard InChI is InChI=1S/C19H26O5.C4H6O/c1-14(2)13-23-18(21)24-17(20)19(22,15-9-5-3-6-10-15)16-11-7-4-8-12-16;1-2-3-4-5/h3,5-6,9-10,14,16,22H,4,7-8,11-13H2,1-2H3;5H,4H2,1H3/t19-;/m1./s1. The van der Waals surface area contributed by atoms with E-state index in [0.29, 0.717) is 5.56 Å². The number of aliphatic hydroxyl groups is 2. The van der Waals surface area contributed by atoms with Gasteiger partial charge in [0.2, 0.25) is 0 Å². The number of benzene rings is 1. The zero-order chi connectivity index (χ0) is 21.7. The first-order chi connectivity index (χ1) is 13.9. The molecule has 0 saturated heterocycles. The number of ether oxygens (including phenoxy) is 2. The summed E-state index contributed by atoms with van der Waals surface area (Å²) in [4.78, 5) is 24.4. The van der Waals surface area contributed by atoms with Gasteiger partial charge in [-0.25, -0.2) is 9.59 Å². The summed E-state index contributed by atoms with van der Waals surface area (Å²) in [6.45, 7) is 5.61. The minimum atomic E-state index is -1.82. The van der Waals surface area contributed by atoms with Crippen LogP contribution in [-0.4, -0.2) is 35.6 Å². The van der Waals surface area contributed by atoms with Crippen molar-refractivity contribution in [1.29, 1.82) is 0 Å². The molecule has 0 aromatic heterocycles. The van der Waals surface area contributed by atoms with Gasteiger partial charge >= 0.3 is 12.1 Å². The Morgan fingerprint density at radius 2 is 1.79 bits per heavy atom. The van der Waals surface area contributed by atoms with Crippen molar-refractivity contribution >= 4 is 12.1 Å². The minimum absolute atomic E-state index is 0.0174. The lowest BCUT2D eigenvalue weighted by atomic mass is 9.73. The number of aliphatic hydroxyl groups excluding tert-OH is 1. The number of rotatable bonds is 5.